The first kappa shape index (κ1) is 38.7. The quantitative estimate of drug-likeness (QED) is 0.162. The molecule has 2 aromatic carbocycles. The van der Waals surface area contributed by atoms with Gasteiger partial charge < -0.3 is 34.7 Å². The van der Waals surface area contributed by atoms with Gasteiger partial charge in [-0.1, -0.05) is 36.4 Å². The summed E-state index contributed by atoms with van der Waals surface area (Å²) in [4.78, 5) is 36.3. The van der Waals surface area contributed by atoms with Gasteiger partial charge in [-0.05, 0) is 76.5 Å². The Labute approximate surface area is 279 Å². The lowest BCUT2D eigenvalue weighted by Crippen LogP contribution is -2.39. The maximum Gasteiger partial charge on any atom is 0.573 e. The van der Waals surface area contributed by atoms with E-state index < -0.39 is 30.2 Å². The van der Waals surface area contributed by atoms with E-state index in [0.29, 0.717) is 48.3 Å². The average Bonchev–Trinajstić information content (AvgIpc) is 3.36. The van der Waals surface area contributed by atoms with Gasteiger partial charge in [0.1, 0.15) is 17.0 Å². The minimum atomic E-state index is -5.08. The summed E-state index contributed by atoms with van der Waals surface area (Å²) in [5.41, 5.74) is 3.42. The first-order valence-corrected chi connectivity index (χ1v) is 15.0. The Balaban J connectivity index is 0.000000838. The van der Waals surface area contributed by atoms with Crippen LogP contribution in [0.2, 0.25) is 0 Å². The maximum absolute atomic E-state index is 13.3. The molecule has 10 nitrogen and oxygen atoms in total. The monoisotopic (exact) mass is 700 g/mol. The zero-order chi connectivity index (χ0) is 36.7. The first-order valence-electron chi connectivity index (χ1n) is 15.0. The van der Waals surface area contributed by atoms with Gasteiger partial charge in [0.25, 0.3) is 5.91 Å². The number of fused-ring (bicyclic) bond motifs is 1. The number of hydrogen-bond acceptors (Lipinski definition) is 6. The molecule has 0 spiro atoms. The molecule has 268 valence electrons. The van der Waals surface area contributed by atoms with Gasteiger partial charge >= 0.3 is 24.6 Å². The van der Waals surface area contributed by atoms with Crippen LogP contribution in [0, 0.1) is 0 Å². The van der Waals surface area contributed by atoms with Crippen LogP contribution in [0.5, 0.6) is 5.75 Å². The number of amides is 2. The minimum Gasteiger partial charge on any atom is -0.475 e. The maximum atomic E-state index is 13.3. The summed E-state index contributed by atoms with van der Waals surface area (Å²) in [6.45, 7) is 6.88. The van der Waals surface area contributed by atoms with Gasteiger partial charge in [-0.2, -0.15) is 13.2 Å². The van der Waals surface area contributed by atoms with Crippen LogP contribution in [-0.4, -0.2) is 77.9 Å². The predicted octanol–water partition coefficient (Wildman–Crippen LogP) is 7.01. The molecule has 0 saturated carbocycles. The molecule has 1 aromatic heterocycles. The topological polar surface area (TPSA) is 122 Å². The van der Waals surface area contributed by atoms with Crippen LogP contribution in [0.4, 0.5) is 31.1 Å². The lowest BCUT2D eigenvalue weighted by atomic mass is 9.95. The summed E-state index contributed by atoms with van der Waals surface area (Å²) in [6, 6.07) is 13.5. The number of rotatable bonds is 9. The van der Waals surface area contributed by atoms with Gasteiger partial charge in [-0.3, -0.25) is 4.79 Å². The van der Waals surface area contributed by atoms with Gasteiger partial charge in [-0.25, -0.2) is 9.59 Å². The van der Waals surface area contributed by atoms with E-state index in [2.05, 4.69) is 15.4 Å². The van der Waals surface area contributed by atoms with E-state index in [4.69, 9.17) is 14.6 Å². The van der Waals surface area contributed by atoms with Crippen molar-refractivity contribution in [2.45, 2.75) is 64.3 Å². The first-order chi connectivity index (χ1) is 22.6. The SMILES string of the molecule is CN(C)Cc1ccc(-c2c(-c3cccc(OC(F)(F)F)c3)cn3c2C(=O)NC[C@@H]3CCCNC(=O)OC(C)(C)C)cc1.O=C(O)C(F)(F)F. The molecular weight excluding hydrogens is 662 g/mol. The summed E-state index contributed by atoms with van der Waals surface area (Å²) in [5.74, 6) is -3.36. The third-order valence-corrected chi connectivity index (χ3v) is 6.88. The summed E-state index contributed by atoms with van der Waals surface area (Å²) < 4.78 is 82.1. The fourth-order valence-electron chi connectivity index (χ4n) is 5.03. The van der Waals surface area contributed by atoms with Gasteiger partial charge in [0.05, 0.1) is 6.04 Å². The highest BCUT2D eigenvalue weighted by Crippen LogP contribution is 2.41. The van der Waals surface area contributed by atoms with Crippen molar-refractivity contribution in [2.24, 2.45) is 0 Å². The molecule has 1 aliphatic rings. The van der Waals surface area contributed by atoms with E-state index in [-0.39, 0.29) is 17.7 Å². The Hall–Kier alpha value is -4.73. The molecule has 0 unspecified atom stereocenters. The Morgan fingerprint density at radius 2 is 1.65 bits per heavy atom. The molecule has 0 bridgehead atoms. The second-order valence-corrected chi connectivity index (χ2v) is 12.4. The number of nitrogens with one attached hydrogen (secondary N) is 2. The Bertz CT molecular complexity index is 1610. The smallest absolute Gasteiger partial charge is 0.475 e. The third-order valence-electron chi connectivity index (χ3n) is 6.88. The van der Waals surface area contributed by atoms with Crippen LogP contribution in [-0.2, 0) is 16.1 Å². The molecule has 0 aliphatic carbocycles. The average molecular weight is 701 g/mol. The van der Waals surface area contributed by atoms with Gasteiger partial charge in [0.2, 0.25) is 0 Å². The van der Waals surface area contributed by atoms with Crippen LogP contribution >= 0.6 is 0 Å². The fourth-order valence-corrected chi connectivity index (χ4v) is 5.03. The molecule has 1 aliphatic heterocycles. The number of aromatic nitrogens is 1. The molecule has 2 amide bonds. The van der Waals surface area contributed by atoms with Gasteiger partial charge in [-0.15, -0.1) is 13.2 Å². The number of carbonyl (C=O) groups is 3. The summed E-state index contributed by atoms with van der Waals surface area (Å²) >= 11 is 0. The fraction of sp³-hybridized carbons (Fsp3) is 0.424. The Morgan fingerprint density at radius 1 is 1.02 bits per heavy atom. The van der Waals surface area contributed by atoms with Crippen molar-refractivity contribution >= 4 is 18.0 Å². The number of carboxylic acids is 1. The summed E-state index contributed by atoms with van der Waals surface area (Å²) in [5, 5.41) is 12.9. The largest absolute Gasteiger partial charge is 0.573 e. The van der Waals surface area contributed by atoms with E-state index in [9.17, 15) is 35.9 Å². The molecule has 0 radical (unpaired) electrons. The number of aliphatic carboxylic acids is 1. The number of carboxylic acid groups (broad SMARTS) is 1. The van der Waals surface area contributed by atoms with Crippen molar-refractivity contribution < 1.29 is 55.3 Å². The van der Waals surface area contributed by atoms with Crippen LogP contribution in [0.3, 0.4) is 0 Å². The lowest BCUT2D eigenvalue weighted by molar-refractivity contribution is -0.274. The summed E-state index contributed by atoms with van der Waals surface area (Å²) in [6.07, 6.45) is -7.33. The van der Waals surface area contributed by atoms with Crippen molar-refractivity contribution in [3.8, 4) is 28.0 Å². The molecule has 1 atom stereocenters. The van der Waals surface area contributed by atoms with Crippen molar-refractivity contribution in [1.29, 1.82) is 0 Å². The molecule has 2 heterocycles. The third kappa shape index (κ3) is 11.7. The molecule has 3 N–H and O–H groups in total. The Kier molecular flexibility index (Phi) is 12.4. The normalized spacial score (nSPS) is 14.7. The molecule has 0 fully saturated rings. The standard InChI is InChI=1S/C31H37F3N4O4.C2HF3O2/c1-30(2,3)42-29(40)35-15-7-9-23-17-36-28(39)27-26(21-13-11-20(12-14-21)18-37(4)5)25(19-38(23)27)22-8-6-10-24(16-22)41-31(32,33)34;3-2(4,5)1(6)7/h6,8,10-14,16,19,23H,7,9,15,17-18H2,1-5H3,(H,35,40)(H,36,39);(H,6,7)/t23-;/m0./s1. The van der Waals surface area contributed by atoms with E-state index in [1.165, 1.54) is 18.2 Å². The molecule has 3 aromatic rings. The van der Waals surface area contributed by atoms with E-state index in [1.54, 1.807) is 26.8 Å². The van der Waals surface area contributed by atoms with Crippen molar-refractivity contribution in [1.82, 2.24) is 20.1 Å². The van der Waals surface area contributed by atoms with Crippen molar-refractivity contribution in [2.75, 3.05) is 27.2 Å². The number of halogens is 6. The molecular formula is C33H38F6N4O6. The number of carbonyl (C=O) groups excluding carboxylic acids is 2. The lowest BCUT2D eigenvalue weighted by Gasteiger charge is -2.27. The second-order valence-electron chi connectivity index (χ2n) is 12.4. The minimum absolute atomic E-state index is 0.131. The second kappa shape index (κ2) is 15.7. The highest BCUT2D eigenvalue weighted by Gasteiger charge is 2.38. The number of benzene rings is 2. The highest BCUT2D eigenvalue weighted by atomic mass is 19.4. The number of nitrogens with zero attached hydrogens (tertiary/aromatic N) is 2. The van der Waals surface area contributed by atoms with E-state index in [0.717, 1.165) is 17.7 Å². The van der Waals surface area contributed by atoms with Crippen molar-refractivity contribution in [3.63, 3.8) is 0 Å². The number of alkyl carbamates (subject to hydrolysis) is 1. The van der Waals surface area contributed by atoms with Crippen LogP contribution in [0.15, 0.2) is 54.7 Å². The van der Waals surface area contributed by atoms with E-state index in [1.807, 2.05) is 54.0 Å². The van der Waals surface area contributed by atoms with Crippen LogP contribution < -0.4 is 15.4 Å². The molecule has 0 saturated heterocycles. The molecule has 49 heavy (non-hydrogen) atoms. The predicted molar refractivity (Wildman–Crippen MR) is 168 cm³/mol. The zero-order valence-corrected chi connectivity index (χ0v) is 27.5. The Morgan fingerprint density at radius 3 is 2.20 bits per heavy atom. The van der Waals surface area contributed by atoms with Crippen molar-refractivity contribution in [3.05, 3.63) is 66.0 Å². The van der Waals surface area contributed by atoms with Gasteiger partial charge in [0.15, 0.2) is 0 Å². The van der Waals surface area contributed by atoms with E-state index >= 15 is 0 Å². The highest BCUT2D eigenvalue weighted by molar-refractivity contribution is 6.05. The molecule has 4 rings (SSSR count). The number of alkyl halides is 6. The van der Waals surface area contributed by atoms with Crippen LogP contribution in [0.1, 0.15) is 55.7 Å². The molecule has 16 heteroatoms. The van der Waals surface area contributed by atoms with Gasteiger partial charge in [0, 0.05) is 37.0 Å². The number of hydrogen-bond donors (Lipinski definition) is 3. The summed E-state index contributed by atoms with van der Waals surface area (Å²) in [7, 11) is 3.94. The zero-order valence-electron chi connectivity index (χ0n) is 27.5. The van der Waals surface area contributed by atoms with Crippen LogP contribution in [0.25, 0.3) is 22.3 Å². The number of ether oxygens (including phenoxy) is 2.